The third-order valence-electron chi connectivity index (χ3n) is 3.67. The van der Waals surface area contributed by atoms with Gasteiger partial charge in [0.1, 0.15) is 5.75 Å². The largest absolute Gasteiger partial charge is 0.494 e. The molecule has 6 heteroatoms. The topological polar surface area (TPSA) is 91.3 Å². The Balaban J connectivity index is 1.92. The molecule has 2 N–H and O–H groups in total. The number of nitro benzene ring substituents is 1. The molecule has 0 bridgehead atoms. The molecular weight excluding hydrogens is 318 g/mol. The summed E-state index contributed by atoms with van der Waals surface area (Å²) in [6.07, 6.45) is 3.56. The second kappa shape index (κ2) is 7.00. The molecule has 2 aromatic carbocycles. The smallest absolute Gasteiger partial charge is 0.270 e. The minimum Gasteiger partial charge on any atom is -0.494 e. The zero-order valence-electron chi connectivity index (χ0n) is 13.7. The van der Waals surface area contributed by atoms with Gasteiger partial charge in [-0.3, -0.25) is 10.1 Å². The summed E-state index contributed by atoms with van der Waals surface area (Å²) in [5.41, 5.74) is 8.96. The molecule has 6 nitrogen and oxygen atoms in total. The Kier molecular flexibility index (Phi) is 4.61. The van der Waals surface area contributed by atoms with Crippen LogP contribution < -0.4 is 10.5 Å². The van der Waals surface area contributed by atoms with Gasteiger partial charge < -0.3 is 10.5 Å². The molecule has 0 spiro atoms. The lowest BCUT2D eigenvalue weighted by Crippen LogP contribution is -1.95. The van der Waals surface area contributed by atoms with E-state index in [0.717, 1.165) is 22.2 Å². The van der Waals surface area contributed by atoms with Crippen LogP contribution in [-0.2, 0) is 0 Å². The van der Waals surface area contributed by atoms with E-state index >= 15 is 0 Å². The quantitative estimate of drug-likeness (QED) is 0.554. The van der Waals surface area contributed by atoms with Crippen molar-refractivity contribution in [2.75, 3.05) is 12.3 Å². The fourth-order valence-corrected chi connectivity index (χ4v) is 2.52. The van der Waals surface area contributed by atoms with Gasteiger partial charge in [-0.15, -0.1) is 0 Å². The number of fused-ring (bicyclic) bond motifs is 1. The summed E-state index contributed by atoms with van der Waals surface area (Å²) in [6.45, 7) is 2.51. The third kappa shape index (κ3) is 3.74. The van der Waals surface area contributed by atoms with Gasteiger partial charge in [0.15, 0.2) is 0 Å². The fraction of sp³-hybridized carbons (Fsp3) is 0.105. The average molecular weight is 335 g/mol. The number of nitrogens with zero attached hydrogens (tertiary/aromatic N) is 2. The van der Waals surface area contributed by atoms with Gasteiger partial charge in [0.2, 0.25) is 0 Å². The van der Waals surface area contributed by atoms with E-state index in [1.54, 1.807) is 30.4 Å². The van der Waals surface area contributed by atoms with Crippen LogP contribution >= 0.6 is 0 Å². The Hall–Kier alpha value is -3.41. The molecule has 126 valence electrons. The predicted octanol–water partition coefficient (Wildman–Crippen LogP) is 4.29. The maximum atomic E-state index is 10.8. The van der Waals surface area contributed by atoms with Crippen molar-refractivity contribution >= 4 is 34.4 Å². The molecule has 3 aromatic rings. The van der Waals surface area contributed by atoms with Crippen LogP contribution in [0.15, 0.2) is 48.5 Å². The maximum Gasteiger partial charge on any atom is 0.270 e. The summed E-state index contributed by atoms with van der Waals surface area (Å²) < 4.78 is 5.48. The van der Waals surface area contributed by atoms with E-state index in [9.17, 15) is 10.1 Å². The Morgan fingerprint density at radius 3 is 2.80 bits per heavy atom. The molecule has 0 aliphatic heterocycles. The van der Waals surface area contributed by atoms with E-state index in [1.165, 1.54) is 12.1 Å². The van der Waals surface area contributed by atoms with Crippen LogP contribution in [0.1, 0.15) is 18.2 Å². The number of anilines is 1. The van der Waals surface area contributed by atoms with E-state index in [4.69, 9.17) is 10.5 Å². The van der Waals surface area contributed by atoms with E-state index < -0.39 is 4.92 Å². The molecule has 0 radical (unpaired) electrons. The van der Waals surface area contributed by atoms with Crippen molar-refractivity contribution in [3.05, 3.63) is 69.9 Å². The van der Waals surface area contributed by atoms with Crippen LogP contribution in [0.25, 0.3) is 23.1 Å². The predicted molar refractivity (Wildman–Crippen MR) is 99.3 cm³/mol. The first-order valence-electron chi connectivity index (χ1n) is 7.82. The first-order valence-corrected chi connectivity index (χ1v) is 7.82. The second-order valence-electron chi connectivity index (χ2n) is 5.43. The number of hydrogen-bond acceptors (Lipinski definition) is 5. The minimum absolute atomic E-state index is 0.0524. The van der Waals surface area contributed by atoms with Crippen LogP contribution in [0.3, 0.4) is 0 Å². The molecule has 25 heavy (non-hydrogen) atoms. The summed E-state index contributed by atoms with van der Waals surface area (Å²) in [6, 6.07) is 13.8. The van der Waals surface area contributed by atoms with E-state index in [0.29, 0.717) is 18.0 Å². The van der Waals surface area contributed by atoms with E-state index in [1.807, 2.05) is 25.1 Å². The van der Waals surface area contributed by atoms with Crippen molar-refractivity contribution in [3.63, 3.8) is 0 Å². The highest BCUT2D eigenvalue weighted by atomic mass is 16.6. The Bertz CT molecular complexity index is 967. The zero-order chi connectivity index (χ0) is 17.8. The molecule has 1 aromatic heterocycles. The number of aromatic nitrogens is 1. The minimum atomic E-state index is -0.417. The van der Waals surface area contributed by atoms with Crippen LogP contribution in [-0.4, -0.2) is 16.5 Å². The van der Waals surface area contributed by atoms with Crippen molar-refractivity contribution < 1.29 is 9.66 Å². The summed E-state index contributed by atoms with van der Waals surface area (Å²) in [5, 5.41) is 11.7. The summed E-state index contributed by atoms with van der Waals surface area (Å²) >= 11 is 0. The lowest BCUT2D eigenvalue weighted by molar-refractivity contribution is -0.384. The molecule has 1 heterocycles. The van der Waals surface area contributed by atoms with Crippen LogP contribution in [0.4, 0.5) is 11.4 Å². The van der Waals surface area contributed by atoms with Crippen molar-refractivity contribution in [2.24, 2.45) is 0 Å². The molecular formula is C19H17N3O3. The van der Waals surface area contributed by atoms with Gasteiger partial charge in [-0.05, 0) is 42.8 Å². The fourth-order valence-electron chi connectivity index (χ4n) is 2.52. The van der Waals surface area contributed by atoms with Gasteiger partial charge in [0.05, 0.1) is 22.7 Å². The molecule has 0 atom stereocenters. The summed E-state index contributed by atoms with van der Waals surface area (Å²) in [4.78, 5) is 15.0. The monoisotopic (exact) mass is 335 g/mol. The normalized spacial score (nSPS) is 11.1. The Morgan fingerprint density at radius 2 is 2.04 bits per heavy atom. The van der Waals surface area contributed by atoms with Crippen LogP contribution in [0.2, 0.25) is 0 Å². The highest BCUT2D eigenvalue weighted by Gasteiger charge is 2.06. The maximum absolute atomic E-state index is 10.8. The second-order valence-corrected chi connectivity index (χ2v) is 5.43. The van der Waals surface area contributed by atoms with Crippen molar-refractivity contribution in [1.82, 2.24) is 4.98 Å². The number of pyridine rings is 1. The first-order chi connectivity index (χ1) is 12.1. The molecule has 3 rings (SSSR count). The van der Waals surface area contributed by atoms with Gasteiger partial charge in [-0.25, -0.2) is 4.98 Å². The summed E-state index contributed by atoms with van der Waals surface area (Å²) in [7, 11) is 0. The molecule has 0 saturated carbocycles. The molecule has 0 amide bonds. The number of nitro groups is 1. The van der Waals surface area contributed by atoms with Crippen molar-refractivity contribution in [1.29, 1.82) is 0 Å². The Morgan fingerprint density at radius 1 is 1.20 bits per heavy atom. The summed E-state index contributed by atoms with van der Waals surface area (Å²) in [5.74, 6) is 0.753. The SMILES string of the molecule is CCOc1ccc2nc(C=Cc3cccc([N+](=O)[O-])c3)cc(N)c2c1. The third-order valence-corrected chi connectivity index (χ3v) is 3.67. The molecule has 0 aliphatic carbocycles. The molecule has 0 aliphatic rings. The van der Waals surface area contributed by atoms with Crippen LogP contribution in [0.5, 0.6) is 5.75 Å². The van der Waals surface area contributed by atoms with E-state index in [-0.39, 0.29) is 5.69 Å². The highest BCUT2D eigenvalue weighted by molar-refractivity contribution is 5.92. The average Bonchev–Trinajstić information content (AvgIpc) is 2.61. The number of rotatable bonds is 5. The van der Waals surface area contributed by atoms with Crippen molar-refractivity contribution in [2.45, 2.75) is 6.92 Å². The number of ether oxygens (including phenoxy) is 1. The standard InChI is InChI=1S/C19H17N3O3/c1-2-25-16-8-9-19-17(12-16)18(20)11-14(21-19)7-6-13-4-3-5-15(10-13)22(23)24/h3-12H,2H2,1H3,(H2,20,21). The lowest BCUT2D eigenvalue weighted by atomic mass is 10.1. The Labute approximate surface area is 144 Å². The van der Waals surface area contributed by atoms with E-state index in [2.05, 4.69) is 4.98 Å². The first kappa shape index (κ1) is 16.4. The van der Waals surface area contributed by atoms with Crippen molar-refractivity contribution in [3.8, 4) is 5.75 Å². The highest BCUT2D eigenvalue weighted by Crippen LogP contribution is 2.26. The number of hydrogen-bond donors (Lipinski definition) is 1. The van der Waals surface area contributed by atoms with Gasteiger partial charge in [0.25, 0.3) is 5.69 Å². The lowest BCUT2D eigenvalue weighted by Gasteiger charge is -2.07. The number of benzene rings is 2. The number of nitrogen functional groups attached to an aromatic ring is 1. The van der Waals surface area contributed by atoms with Gasteiger partial charge in [-0.1, -0.05) is 18.2 Å². The van der Waals surface area contributed by atoms with Gasteiger partial charge >= 0.3 is 0 Å². The molecule has 0 saturated heterocycles. The zero-order valence-corrected chi connectivity index (χ0v) is 13.7. The van der Waals surface area contributed by atoms with Gasteiger partial charge in [-0.2, -0.15) is 0 Å². The van der Waals surface area contributed by atoms with Crippen LogP contribution in [0, 0.1) is 10.1 Å². The van der Waals surface area contributed by atoms with Gasteiger partial charge in [0, 0.05) is 23.2 Å². The molecule has 0 unspecified atom stereocenters. The molecule has 0 fully saturated rings. The number of nitrogens with two attached hydrogens (primary N) is 1. The number of non-ortho nitro benzene ring substituents is 1.